The van der Waals surface area contributed by atoms with E-state index in [-0.39, 0.29) is 31.1 Å². The Morgan fingerprint density at radius 3 is 0.772 bits per heavy atom. The Morgan fingerprint density at radius 2 is 0.494 bits per heavy atom. The maximum absolute atomic E-state index is 12.9. The largest absolute Gasteiger partial charge is 0.462 e. The molecular formula is C73H132O6. The van der Waals surface area contributed by atoms with Crippen LogP contribution in [0.25, 0.3) is 0 Å². The minimum atomic E-state index is -0.772. The highest BCUT2D eigenvalue weighted by atomic mass is 16.6. The summed E-state index contributed by atoms with van der Waals surface area (Å²) in [5.74, 6) is -0.863. The topological polar surface area (TPSA) is 78.9 Å². The molecule has 460 valence electrons. The summed E-state index contributed by atoms with van der Waals surface area (Å²) < 4.78 is 16.9. The lowest BCUT2D eigenvalue weighted by atomic mass is 10.0. The Balaban J connectivity index is 4.01. The maximum Gasteiger partial charge on any atom is 0.306 e. The van der Waals surface area contributed by atoms with Crippen molar-refractivity contribution in [3.05, 3.63) is 60.8 Å². The molecule has 1 unspecified atom stereocenters. The molecule has 0 amide bonds. The van der Waals surface area contributed by atoms with Crippen LogP contribution < -0.4 is 0 Å². The van der Waals surface area contributed by atoms with Crippen LogP contribution in [-0.2, 0) is 28.6 Å². The van der Waals surface area contributed by atoms with Gasteiger partial charge < -0.3 is 14.2 Å². The van der Waals surface area contributed by atoms with E-state index in [1.54, 1.807) is 0 Å². The fraction of sp³-hybridized carbons (Fsp3) is 0.822. The molecular weight excluding hydrogens is 973 g/mol. The first-order valence-electron chi connectivity index (χ1n) is 34.8. The van der Waals surface area contributed by atoms with E-state index in [9.17, 15) is 14.4 Å². The third-order valence-electron chi connectivity index (χ3n) is 15.5. The zero-order valence-corrected chi connectivity index (χ0v) is 52.9. The minimum absolute atomic E-state index is 0.0707. The van der Waals surface area contributed by atoms with E-state index in [4.69, 9.17) is 14.2 Å². The Hall–Kier alpha value is -2.89. The number of esters is 3. The Bertz CT molecular complexity index is 1410. The van der Waals surface area contributed by atoms with Gasteiger partial charge in [0.15, 0.2) is 6.10 Å². The molecule has 0 aromatic carbocycles. The first-order valence-corrected chi connectivity index (χ1v) is 34.8. The summed E-state index contributed by atoms with van der Waals surface area (Å²) in [5, 5.41) is 0. The van der Waals surface area contributed by atoms with E-state index in [0.29, 0.717) is 19.3 Å². The lowest BCUT2D eigenvalue weighted by Gasteiger charge is -2.18. The molecule has 6 nitrogen and oxygen atoms in total. The average Bonchev–Trinajstić information content (AvgIpc) is 3.45. The average molecular weight is 1110 g/mol. The molecule has 0 aromatic heterocycles. The number of hydrogen-bond acceptors (Lipinski definition) is 6. The number of carbonyl (C=O) groups excluding carboxylic acids is 3. The van der Waals surface area contributed by atoms with Gasteiger partial charge >= 0.3 is 17.9 Å². The molecule has 0 aliphatic heterocycles. The number of allylic oxidation sites excluding steroid dienone is 10. The number of ether oxygens (including phenoxy) is 3. The molecule has 0 aromatic rings. The Morgan fingerprint density at radius 1 is 0.266 bits per heavy atom. The summed E-state index contributed by atoms with van der Waals surface area (Å²) in [6.07, 6.45) is 87.2. The summed E-state index contributed by atoms with van der Waals surface area (Å²) in [6.45, 7) is 6.52. The molecule has 0 heterocycles. The molecule has 1 atom stereocenters. The highest BCUT2D eigenvalue weighted by Gasteiger charge is 2.19. The van der Waals surface area contributed by atoms with E-state index in [0.717, 1.165) is 89.9 Å². The van der Waals surface area contributed by atoms with Crippen molar-refractivity contribution in [1.29, 1.82) is 0 Å². The summed E-state index contributed by atoms with van der Waals surface area (Å²) in [5.41, 5.74) is 0. The fourth-order valence-corrected chi connectivity index (χ4v) is 10.4. The van der Waals surface area contributed by atoms with Crippen molar-refractivity contribution in [2.24, 2.45) is 0 Å². The van der Waals surface area contributed by atoms with E-state index in [1.165, 1.54) is 238 Å². The Labute approximate surface area is 491 Å². The van der Waals surface area contributed by atoms with Crippen LogP contribution in [0.15, 0.2) is 60.8 Å². The second-order valence-corrected chi connectivity index (χ2v) is 23.4. The summed E-state index contributed by atoms with van der Waals surface area (Å²) in [7, 11) is 0. The van der Waals surface area contributed by atoms with Gasteiger partial charge in [0, 0.05) is 19.3 Å². The molecule has 0 rings (SSSR count). The predicted molar refractivity (Wildman–Crippen MR) is 344 cm³/mol. The fourth-order valence-electron chi connectivity index (χ4n) is 10.4. The second-order valence-electron chi connectivity index (χ2n) is 23.4. The van der Waals surface area contributed by atoms with Gasteiger partial charge in [-0.15, -0.1) is 0 Å². The van der Waals surface area contributed by atoms with Crippen LogP contribution in [0.1, 0.15) is 367 Å². The van der Waals surface area contributed by atoms with Crippen molar-refractivity contribution in [2.45, 2.75) is 374 Å². The van der Waals surface area contributed by atoms with Gasteiger partial charge in [-0.25, -0.2) is 0 Å². The summed E-state index contributed by atoms with van der Waals surface area (Å²) >= 11 is 0. The summed E-state index contributed by atoms with van der Waals surface area (Å²) in [4.78, 5) is 38.1. The number of unbranched alkanes of at least 4 members (excludes halogenated alkanes) is 43. The number of rotatable bonds is 64. The van der Waals surface area contributed by atoms with Gasteiger partial charge in [0.25, 0.3) is 0 Å². The van der Waals surface area contributed by atoms with Crippen LogP contribution in [0.4, 0.5) is 0 Å². The van der Waals surface area contributed by atoms with Crippen LogP contribution in [0.5, 0.6) is 0 Å². The highest BCUT2D eigenvalue weighted by molar-refractivity contribution is 5.71. The van der Waals surface area contributed by atoms with Crippen LogP contribution in [0.3, 0.4) is 0 Å². The molecule has 0 saturated carbocycles. The monoisotopic (exact) mass is 1110 g/mol. The smallest absolute Gasteiger partial charge is 0.306 e. The maximum atomic E-state index is 12.9. The third-order valence-corrected chi connectivity index (χ3v) is 15.5. The van der Waals surface area contributed by atoms with Crippen LogP contribution in [-0.4, -0.2) is 37.2 Å². The van der Waals surface area contributed by atoms with E-state index >= 15 is 0 Å². The van der Waals surface area contributed by atoms with Crippen molar-refractivity contribution < 1.29 is 28.6 Å². The number of carbonyl (C=O) groups is 3. The highest BCUT2D eigenvalue weighted by Crippen LogP contribution is 2.18. The van der Waals surface area contributed by atoms with Crippen molar-refractivity contribution in [3.8, 4) is 0 Å². The number of hydrogen-bond donors (Lipinski definition) is 0. The van der Waals surface area contributed by atoms with Gasteiger partial charge in [-0.3, -0.25) is 14.4 Å². The predicted octanol–water partition coefficient (Wildman–Crippen LogP) is 23.9. The van der Waals surface area contributed by atoms with E-state index < -0.39 is 6.10 Å². The molecule has 0 fully saturated rings. The van der Waals surface area contributed by atoms with Gasteiger partial charge in [0.05, 0.1) is 0 Å². The van der Waals surface area contributed by atoms with Crippen molar-refractivity contribution in [2.75, 3.05) is 13.2 Å². The molecule has 6 heteroatoms. The van der Waals surface area contributed by atoms with Gasteiger partial charge in [0.1, 0.15) is 13.2 Å². The van der Waals surface area contributed by atoms with Gasteiger partial charge in [0.2, 0.25) is 0 Å². The zero-order chi connectivity index (χ0) is 57.1. The lowest BCUT2D eigenvalue weighted by Crippen LogP contribution is -2.30. The molecule has 0 aliphatic rings. The normalized spacial score (nSPS) is 12.4. The molecule has 0 spiro atoms. The molecule has 0 N–H and O–H groups in total. The standard InChI is InChI=1S/C73H132O6/c1-4-7-10-13-16-18-20-22-24-26-28-30-32-34-36-38-39-41-43-45-47-49-51-53-55-57-60-63-66-72(75)78-69-70(68-77-71(74)65-62-59-15-12-9-6-3)79-73(76)67-64-61-58-56-54-52-50-48-46-44-42-40-37-35-33-31-29-27-25-23-21-19-17-14-11-8-5-2/h8,11,17,19,23,25,29,31,35,37,70H,4-7,9-10,12-16,18,20-22,24,26-28,30,32-34,36,38-69H2,1-3H3/b11-8-,19-17-,25-23-,31-29-,37-35-. The summed E-state index contributed by atoms with van der Waals surface area (Å²) in [6, 6.07) is 0. The third kappa shape index (κ3) is 65.8. The van der Waals surface area contributed by atoms with E-state index in [2.05, 4.69) is 81.5 Å². The van der Waals surface area contributed by atoms with Crippen molar-refractivity contribution >= 4 is 17.9 Å². The quantitative estimate of drug-likeness (QED) is 0.0261. The van der Waals surface area contributed by atoms with Crippen molar-refractivity contribution in [1.82, 2.24) is 0 Å². The van der Waals surface area contributed by atoms with Crippen LogP contribution in [0, 0.1) is 0 Å². The van der Waals surface area contributed by atoms with Gasteiger partial charge in [-0.2, -0.15) is 0 Å². The lowest BCUT2D eigenvalue weighted by molar-refractivity contribution is -0.167. The zero-order valence-electron chi connectivity index (χ0n) is 52.9. The van der Waals surface area contributed by atoms with Crippen LogP contribution >= 0.6 is 0 Å². The van der Waals surface area contributed by atoms with E-state index in [1.807, 2.05) is 0 Å². The van der Waals surface area contributed by atoms with Gasteiger partial charge in [-0.1, -0.05) is 345 Å². The molecule has 0 bridgehead atoms. The minimum Gasteiger partial charge on any atom is -0.462 e. The van der Waals surface area contributed by atoms with Crippen molar-refractivity contribution in [3.63, 3.8) is 0 Å². The first-order chi connectivity index (χ1) is 39.0. The first kappa shape index (κ1) is 76.1. The molecule has 79 heavy (non-hydrogen) atoms. The molecule has 0 saturated heterocycles. The van der Waals surface area contributed by atoms with Gasteiger partial charge in [-0.05, 0) is 64.2 Å². The molecule has 0 aliphatic carbocycles. The second kappa shape index (κ2) is 67.6. The molecule has 0 radical (unpaired) electrons. The Kier molecular flexibility index (Phi) is 65.1. The van der Waals surface area contributed by atoms with Crippen LogP contribution in [0.2, 0.25) is 0 Å². The SMILES string of the molecule is CC/C=C\C/C=C\C/C=C\C/C=C\C/C=C\CCCCCCCCCCCCCC(=O)OC(COC(=O)CCCCCCCC)COC(=O)CCCCCCCCCCCCCCCCCCCCCCCCCCCCCC.